The van der Waals surface area contributed by atoms with Gasteiger partial charge in [0.25, 0.3) is 5.91 Å². The molecule has 0 aromatic rings. The zero-order valence-electron chi connectivity index (χ0n) is 15.7. The molecule has 7 heteroatoms. The monoisotopic (exact) mass is 374 g/mol. The van der Waals surface area contributed by atoms with Gasteiger partial charge in [0.1, 0.15) is 11.9 Å². The average molecular weight is 374 g/mol. The van der Waals surface area contributed by atoms with Crippen molar-refractivity contribution in [2.75, 3.05) is 32.8 Å². The number of likely N-dealkylation sites (tertiary alicyclic amines) is 1. The Labute approximate surface area is 160 Å². The van der Waals surface area contributed by atoms with E-state index < -0.39 is 0 Å². The predicted octanol–water partition coefficient (Wildman–Crippen LogP) is 0.248. The molecular formula is C20H30N4O3. The molecule has 3 aliphatic heterocycles. The smallest absolute Gasteiger partial charge is 0.269 e. The summed E-state index contributed by atoms with van der Waals surface area (Å²) in [5, 5.41) is 26.0. The Kier molecular flexibility index (Phi) is 5.25. The van der Waals surface area contributed by atoms with Crippen LogP contribution in [0.15, 0.2) is 35.8 Å². The molecule has 27 heavy (non-hydrogen) atoms. The van der Waals surface area contributed by atoms with Crippen molar-refractivity contribution in [3.8, 4) is 0 Å². The number of nitrogens with zero attached hydrogens (tertiary/aromatic N) is 2. The SMILES string of the molecule is O=C(NCC1(CO)CCCC1)C1=C2C=CC=CN2C(CN2CCC(O)C2)N1. The van der Waals surface area contributed by atoms with E-state index in [0.717, 1.165) is 50.9 Å². The first kappa shape index (κ1) is 18.5. The summed E-state index contributed by atoms with van der Waals surface area (Å²) in [6.07, 6.45) is 12.6. The maximum Gasteiger partial charge on any atom is 0.269 e. The summed E-state index contributed by atoms with van der Waals surface area (Å²) >= 11 is 0. The van der Waals surface area contributed by atoms with E-state index in [9.17, 15) is 15.0 Å². The molecule has 1 aliphatic carbocycles. The average Bonchev–Trinajstić information content (AvgIpc) is 3.40. The number of rotatable bonds is 6. The Morgan fingerprint density at radius 3 is 2.85 bits per heavy atom. The first-order valence-electron chi connectivity index (χ1n) is 10.0. The predicted molar refractivity (Wildman–Crippen MR) is 102 cm³/mol. The largest absolute Gasteiger partial charge is 0.396 e. The first-order valence-corrected chi connectivity index (χ1v) is 10.0. The van der Waals surface area contributed by atoms with Gasteiger partial charge in [0.2, 0.25) is 0 Å². The molecule has 0 aromatic heterocycles. The van der Waals surface area contributed by atoms with Crippen LogP contribution >= 0.6 is 0 Å². The summed E-state index contributed by atoms with van der Waals surface area (Å²) < 4.78 is 0. The molecule has 1 amide bonds. The lowest BCUT2D eigenvalue weighted by molar-refractivity contribution is -0.118. The molecule has 0 bridgehead atoms. The maximum atomic E-state index is 12.9. The van der Waals surface area contributed by atoms with Crippen LogP contribution < -0.4 is 10.6 Å². The topological polar surface area (TPSA) is 88.1 Å². The molecule has 3 heterocycles. The fourth-order valence-electron chi connectivity index (χ4n) is 4.66. The van der Waals surface area contributed by atoms with E-state index >= 15 is 0 Å². The van der Waals surface area contributed by atoms with E-state index in [1.54, 1.807) is 0 Å². The molecule has 7 nitrogen and oxygen atoms in total. The molecule has 4 aliphatic rings. The number of nitrogens with one attached hydrogen (secondary N) is 2. The number of hydrogen-bond donors (Lipinski definition) is 4. The Morgan fingerprint density at radius 2 is 2.15 bits per heavy atom. The molecule has 1 saturated heterocycles. The van der Waals surface area contributed by atoms with E-state index in [2.05, 4.69) is 20.4 Å². The van der Waals surface area contributed by atoms with Gasteiger partial charge in [-0.1, -0.05) is 18.9 Å². The molecule has 2 atom stereocenters. The number of hydrogen-bond acceptors (Lipinski definition) is 6. The number of allylic oxidation sites excluding steroid dienone is 3. The summed E-state index contributed by atoms with van der Waals surface area (Å²) in [5.41, 5.74) is 1.31. The zero-order valence-corrected chi connectivity index (χ0v) is 15.7. The fourth-order valence-corrected chi connectivity index (χ4v) is 4.66. The molecule has 148 valence electrons. The van der Waals surface area contributed by atoms with Crippen LogP contribution in [0.2, 0.25) is 0 Å². The zero-order chi connectivity index (χ0) is 18.9. The number of carbonyl (C=O) groups is 1. The van der Waals surface area contributed by atoms with Crippen LogP contribution in [0.3, 0.4) is 0 Å². The van der Waals surface area contributed by atoms with Crippen LogP contribution in [0.5, 0.6) is 0 Å². The number of aliphatic hydroxyl groups excluding tert-OH is 2. The van der Waals surface area contributed by atoms with Crippen molar-refractivity contribution in [3.63, 3.8) is 0 Å². The van der Waals surface area contributed by atoms with E-state index in [1.165, 1.54) is 0 Å². The molecule has 4 N–H and O–H groups in total. The molecule has 2 unspecified atom stereocenters. The van der Waals surface area contributed by atoms with Gasteiger partial charge in [-0.15, -0.1) is 0 Å². The molecule has 4 rings (SSSR count). The summed E-state index contributed by atoms with van der Waals surface area (Å²) in [7, 11) is 0. The van der Waals surface area contributed by atoms with Crippen molar-refractivity contribution >= 4 is 5.91 Å². The van der Waals surface area contributed by atoms with Crippen molar-refractivity contribution in [1.29, 1.82) is 0 Å². The van der Waals surface area contributed by atoms with Gasteiger partial charge < -0.3 is 25.7 Å². The van der Waals surface area contributed by atoms with E-state index in [1.807, 2.05) is 24.4 Å². The second-order valence-corrected chi connectivity index (χ2v) is 8.28. The minimum atomic E-state index is -0.250. The van der Waals surface area contributed by atoms with Crippen LogP contribution in [0.25, 0.3) is 0 Å². The van der Waals surface area contributed by atoms with E-state index in [4.69, 9.17) is 0 Å². The van der Waals surface area contributed by atoms with Crippen molar-refractivity contribution in [3.05, 3.63) is 35.8 Å². The van der Waals surface area contributed by atoms with E-state index in [-0.39, 0.29) is 30.2 Å². The van der Waals surface area contributed by atoms with E-state index in [0.29, 0.717) is 18.8 Å². The van der Waals surface area contributed by atoms with Crippen molar-refractivity contribution < 1.29 is 15.0 Å². The van der Waals surface area contributed by atoms with Crippen LogP contribution in [-0.2, 0) is 4.79 Å². The highest BCUT2D eigenvalue weighted by Gasteiger charge is 2.37. The number of aliphatic hydroxyl groups is 2. The standard InChI is InChI=1S/C20H30N4O3/c25-14-20(7-2-3-8-20)13-21-19(27)18-16-5-1-4-9-24(16)17(22-18)12-23-10-6-15(26)11-23/h1,4-5,9,15,17,22,25-26H,2-3,6-8,10-14H2,(H,21,27). The Hall–Kier alpha value is -1.83. The maximum absolute atomic E-state index is 12.9. The number of β-amino-alcohol motifs (C(OH)–C–C–N with tert-alkyl or cyclic N) is 1. The third-order valence-electron chi connectivity index (χ3n) is 6.32. The second-order valence-electron chi connectivity index (χ2n) is 8.28. The minimum Gasteiger partial charge on any atom is -0.396 e. The minimum absolute atomic E-state index is 0.0227. The van der Waals surface area contributed by atoms with Crippen LogP contribution in [-0.4, -0.2) is 71.0 Å². The molecular weight excluding hydrogens is 344 g/mol. The first-order chi connectivity index (χ1) is 13.1. The number of carbonyl (C=O) groups excluding carboxylic acids is 1. The van der Waals surface area contributed by atoms with Crippen LogP contribution in [0.1, 0.15) is 32.1 Å². The van der Waals surface area contributed by atoms with Gasteiger partial charge in [-0.25, -0.2) is 0 Å². The van der Waals surface area contributed by atoms with Gasteiger partial charge in [0.15, 0.2) is 0 Å². The quantitative estimate of drug-likeness (QED) is 0.533. The van der Waals surface area contributed by atoms with Crippen molar-refractivity contribution in [1.82, 2.24) is 20.4 Å². The highest BCUT2D eigenvalue weighted by molar-refractivity contribution is 5.94. The normalized spacial score (nSPS) is 29.3. The second kappa shape index (κ2) is 7.66. The number of amides is 1. The molecule has 0 radical (unpaired) electrons. The van der Waals surface area contributed by atoms with Gasteiger partial charge in [-0.3, -0.25) is 9.69 Å². The van der Waals surface area contributed by atoms with Gasteiger partial charge >= 0.3 is 0 Å². The van der Waals surface area contributed by atoms with Crippen molar-refractivity contribution in [2.45, 2.75) is 44.4 Å². The summed E-state index contributed by atoms with van der Waals surface area (Å²) in [6, 6.07) is 0. The fraction of sp³-hybridized carbons (Fsp3) is 0.650. The summed E-state index contributed by atoms with van der Waals surface area (Å²) in [6.45, 7) is 2.95. The molecule has 2 fully saturated rings. The molecule has 1 saturated carbocycles. The van der Waals surface area contributed by atoms with Crippen LogP contribution in [0, 0.1) is 5.41 Å². The number of fused-ring (bicyclic) bond motifs is 1. The lowest BCUT2D eigenvalue weighted by Crippen LogP contribution is -2.46. The summed E-state index contributed by atoms with van der Waals surface area (Å²) in [5.74, 6) is -0.112. The highest BCUT2D eigenvalue weighted by atomic mass is 16.3. The molecule has 0 aromatic carbocycles. The lowest BCUT2D eigenvalue weighted by Gasteiger charge is -2.29. The van der Waals surface area contributed by atoms with Crippen molar-refractivity contribution in [2.24, 2.45) is 5.41 Å². The highest BCUT2D eigenvalue weighted by Crippen LogP contribution is 2.37. The third kappa shape index (κ3) is 3.77. The molecule has 0 spiro atoms. The van der Waals surface area contributed by atoms with Gasteiger partial charge in [0.05, 0.1) is 18.4 Å². The Balaban J connectivity index is 1.42. The Morgan fingerprint density at radius 1 is 1.33 bits per heavy atom. The van der Waals surface area contributed by atoms with Gasteiger partial charge in [-0.2, -0.15) is 0 Å². The Bertz CT molecular complexity index is 666. The third-order valence-corrected chi connectivity index (χ3v) is 6.32. The van der Waals surface area contributed by atoms with Gasteiger partial charge in [-0.05, 0) is 31.4 Å². The van der Waals surface area contributed by atoms with Crippen LogP contribution in [0.4, 0.5) is 0 Å². The lowest BCUT2D eigenvalue weighted by atomic mass is 9.87. The van der Waals surface area contributed by atoms with Gasteiger partial charge in [0, 0.05) is 37.8 Å². The summed E-state index contributed by atoms with van der Waals surface area (Å²) in [4.78, 5) is 17.2.